The lowest BCUT2D eigenvalue weighted by Gasteiger charge is -2.17. The molecule has 0 saturated heterocycles. The minimum absolute atomic E-state index is 0.429. The summed E-state index contributed by atoms with van der Waals surface area (Å²) >= 11 is 6.15. The van der Waals surface area contributed by atoms with Crippen molar-refractivity contribution in [2.75, 3.05) is 17.7 Å². The van der Waals surface area contributed by atoms with Gasteiger partial charge in [-0.15, -0.1) is 5.10 Å². The summed E-state index contributed by atoms with van der Waals surface area (Å²) < 4.78 is 5.38. The van der Waals surface area contributed by atoms with Crippen LogP contribution in [0.2, 0.25) is 5.02 Å². The van der Waals surface area contributed by atoms with Crippen molar-refractivity contribution < 1.29 is 4.74 Å². The Labute approximate surface area is 153 Å². The van der Waals surface area contributed by atoms with E-state index in [1.807, 2.05) is 13.0 Å². The van der Waals surface area contributed by atoms with Crippen LogP contribution in [0.1, 0.15) is 44.1 Å². The maximum absolute atomic E-state index is 6.15. The average molecular weight is 362 g/mol. The van der Waals surface area contributed by atoms with Gasteiger partial charge in [0.2, 0.25) is 5.95 Å². The minimum Gasteiger partial charge on any atom is -0.495 e. The monoisotopic (exact) mass is 361 g/mol. The average Bonchev–Trinajstić information content (AvgIpc) is 2.87. The molecule has 134 valence electrons. The fourth-order valence-corrected chi connectivity index (χ4v) is 3.26. The van der Waals surface area contributed by atoms with Gasteiger partial charge < -0.3 is 15.4 Å². The molecule has 0 aliphatic heterocycles. The van der Waals surface area contributed by atoms with Crippen LogP contribution in [0.4, 0.5) is 17.5 Å². The lowest BCUT2D eigenvalue weighted by atomic mass is 10.1. The second-order valence-corrected chi connectivity index (χ2v) is 6.83. The number of nitrogens with one attached hydrogen (secondary N) is 2. The Morgan fingerprint density at radius 1 is 1.16 bits per heavy atom. The van der Waals surface area contributed by atoms with E-state index in [-0.39, 0.29) is 0 Å². The maximum Gasteiger partial charge on any atom is 0.249 e. The number of anilines is 3. The number of halogens is 1. The van der Waals surface area contributed by atoms with E-state index in [9.17, 15) is 0 Å². The number of methoxy groups -OCH3 is 1. The molecule has 6 nitrogen and oxygen atoms in total. The molecule has 0 amide bonds. The molecule has 1 aromatic heterocycles. The number of rotatable bonds is 5. The zero-order valence-electron chi connectivity index (χ0n) is 14.7. The summed E-state index contributed by atoms with van der Waals surface area (Å²) in [6.45, 7) is 1.94. The van der Waals surface area contributed by atoms with Gasteiger partial charge in [-0.1, -0.05) is 37.3 Å². The van der Waals surface area contributed by atoms with Crippen LogP contribution in [-0.2, 0) is 0 Å². The molecule has 0 spiro atoms. The van der Waals surface area contributed by atoms with Gasteiger partial charge in [0.1, 0.15) is 5.75 Å². The van der Waals surface area contributed by atoms with Crippen molar-refractivity contribution in [3.05, 3.63) is 28.9 Å². The van der Waals surface area contributed by atoms with E-state index in [2.05, 4.69) is 25.8 Å². The highest BCUT2D eigenvalue weighted by atomic mass is 35.5. The van der Waals surface area contributed by atoms with Crippen molar-refractivity contribution in [3.63, 3.8) is 0 Å². The van der Waals surface area contributed by atoms with Crippen LogP contribution in [0.15, 0.2) is 18.3 Å². The van der Waals surface area contributed by atoms with Gasteiger partial charge in [-0.3, -0.25) is 0 Å². The van der Waals surface area contributed by atoms with Gasteiger partial charge in [0.05, 0.1) is 19.0 Å². The van der Waals surface area contributed by atoms with Crippen LogP contribution >= 0.6 is 11.6 Å². The fourth-order valence-electron chi connectivity index (χ4n) is 3.11. The molecule has 0 unspecified atom stereocenters. The zero-order chi connectivity index (χ0) is 17.6. The normalized spacial score (nSPS) is 15.5. The molecular formula is C18H24ClN5O. The van der Waals surface area contributed by atoms with E-state index in [1.165, 1.54) is 38.5 Å². The van der Waals surface area contributed by atoms with E-state index in [4.69, 9.17) is 16.3 Å². The van der Waals surface area contributed by atoms with Crippen LogP contribution in [0.25, 0.3) is 0 Å². The van der Waals surface area contributed by atoms with Crippen molar-refractivity contribution in [3.8, 4) is 5.75 Å². The van der Waals surface area contributed by atoms with E-state index in [1.54, 1.807) is 19.4 Å². The Balaban J connectivity index is 1.74. The van der Waals surface area contributed by atoms with E-state index in [0.717, 1.165) is 17.1 Å². The van der Waals surface area contributed by atoms with Gasteiger partial charge in [0, 0.05) is 17.1 Å². The number of hydrogen-bond acceptors (Lipinski definition) is 6. The maximum atomic E-state index is 6.15. The Morgan fingerprint density at radius 3 is 2.64 bits per heavy atom. The standard InChI is InChI=1S/C18H24ClN5O/c1-12-9-15(16(25-2)10-14(12)19)22-18-23-17(11-20-24-18)21-13-7-5-3-4-6-8-13/h9-11,13H,3-8H2,1-2H3,(H2,21,22,23,24). The number of hydrogen-bond donors (Lipinski definition) is 2. The largest absolute Gasteiger partial charge is 0.495 e. The molecular weight excluding hydrogens is 338 g/mol. The third-order valence-electron chi connectivity index (χ3n) is 4.49. The van der Waals surface area contributed by atoms with Crippen LogP contribution in [0.3, 0.4) is 0 Å². The minimum atomic E-state index is 0.429. The third-order valence-corrected chi connectivity index (χ3v) is 4.90. The summed E-state index contributed by atoms with van der Waals surface area (Å²) in [4.78, 5) is 4.54. The fraction of sp³-hybridized carbons (Fsp3) is 0.500. The molecule has 1 saturated carbocycles. The molecule has 1 aliphatic rings. The predicted octanol–water partition coefficient (Wildman–Crippen LogP) is 4.72. The highest BCUT2D eigenvalue weighted by molar-refractivity contribution is 6.31. The van der Waals surface area contributed by atoms with Crippen LogP contribution < -0.4 is 15.4 Å². The van der Waals surface area contributed by atoms with Crippen molar-refractivity contribution in [1.29, 1.82) is 0 Å². The van der Waals surface area contributed by atoms with E-state index >= 15 is 0 Å². The lowest BCUT2D eigenvalue weighted by molar-refractivity contribution is 0.416. The summed E-state index contributed by atoms with van der Waals surface area (Å²) in [7, 11) is 1.61. The highest BCUT2D eigenvalue weighted by Crippen LogP contribution is 2.32. The third kappa shape index (κ3) is 4.72. The predicted molar refractivity (Wildman–Crippen MR) is 101 cm³/mol. The first-order chi connectivity index (χ1) is 12.2. The van der Waals surface area contributed by atoms with Gasteiger partial charge in [0.15, 0.2) is 5.82 Å². The Morgan fingerprint density at radius 2 is 1.92 bits per heavy atom. The summed E-state index contributed by atoms with van der Waals surface area (Å²) in [6, 6.07) is 4.15. The van der Waals surface area contributed by atoms with Crippen molar-refractivity contribution in [2.45, 2.75) is 51.5 Å². The Bertz CT molecular complexity index is 717. The first-order valence-electron chi connectivity index (χ1n) is 8.73. The van der Waals surface area contributed by atoms with Gasteiger partial charge in [-0.05, 0) is 31.4 Å². The van der Waals surface area contributed by atoms with E-state index in [0.29, 0.717) is 22.8 Å². The molecule has 1 aromatic carbocycles. The van der Waals surface area contributed by atoms with Crippen LogP contribution in [0.5, 0.6) is 5.75 Å². The molecule has 1 aliphatic carbocycles. The Kier molecular flexibility index (Phi) is 5.91. The lowest BCUT2D eigenvalue weighted by Crippen LogP contribution is -2.19. The van der Waals surface area contributed by atoms with E-state index < -0.39 is 0 Å². The smallest absolute Gasteiger partial charge is 0.249 e. The molecule has 2 aromatic rings. The molecule has 1 fully saturated rings. The number of nitrogens with zero attached hydrogens (tertiary/aromatic N) is 3. The summed E-state index contributed by atoms with van der Waals surface area (Å²) in [5.74, 6) is 1.81. The SMILES string of the molecule is COc1cc(Cl)c(C)cc1Nc1nncc(NC2CCCCCC2)n1. The zero-order valence-corrected chi connectivity index (χ0v) is 15.4. The first kappa shape index (κ1) is 17.7. The molecule has 7 heteroatoms. The number of aromatic nitrogens is 3. The quantitative estimate of drug-likeness (QED) is 0.751. The van der Waals surface area contributed by atoms with Gasteiger partial charge >= 0.3 is 0 Å². The summed E-state index contributed by atoms with van der Waals surface area (Å²) in [5.41, 5.74) is 1.71. The molecule has 1 heterocycles. The molecule has 25 heavy (non-hydrogen) atoms. The summed E-state index contributed by atoms with van der Waals surface area (Å²) in [5, 5.41) is 15.5. The molecule has 3 rings (SSSR count). The summed E-state index contributed by atoms with van der Waals surface area (Å²) in [6.07, 6.45) is 9.20. The topological polar surface area (TPSA) is 72.0 Å². The first-order valence-corrected chi connectivity index (χ1v) is 9.11. The van der Waals surface area contributed by atoms with Gasteiger partial charge in [-0.2, -0.15) is 10.1 Å². The number of benzene rings is 1. The van der Waals surface area contributed by atoms with Gasteiger partial charge in [0.25, 0.3) is 0 Å². The molecule has 2 N–H and O–H groups in total. The molecule has 0 atom stereocenters. The van der Waals surface area contributed by atoms with Crippen LogP contribution in [-0.4, -0.2) is 28.3 Å². The Hall–Kier alpha value is -2.08. The van der Waals surface area contributed by atoms with Crippen molar-refractivity contribution >= 4 is 29.1 Å². The number of aryl methyl sites for hydroxylation is 1. The second kappa shape index (κ2) is 8.34. The van der Waals surface area contributed by atoms with Crippen molar-refractivity contribution in [1.82, 2.24) is 15.2 Å². The van der Waals surface area contributed by atoms with Crippen molar-refractivity contribution in [2.24, 2.45) is 0 Å². The highest BCUT2D eigenvalue weighted by Gasteiger charge is 2.14. The van der Waals surface area contributed by atoms with Crippen LogP contribution in [0, 0.1) is 6.92 Å². The second-order valence-electron chi connectivity index (χ2n) is 6.42. The van der Waals surface area contributed by atoms with Gasteiger partial charge in [-0.25, -0.2) is 0 Å². The molecule has 0 radical (unpaired) electrons. The number of ether oxygens (including phenoxy) is 1. The molecule has 0 bridgehead atoms.